The van der Waals surface area contributed by atoms with E-state index in [-0.39, 0.29) is 18.4 Å². The summed E-state index contributed by atoms with van der Waals surface area (Å²) in [5.41, 5.74) is 0.735. The second-order valence-electron chi connectivity index (χ2n) is 4.89. The van der Waals surface area contributed by atoms with Crippen LogP contribution in [-0.4, -0.2) is 22.6 Å². The molecule has 1 aliphatic rings. The molecule has 1 aliphatic carbocycles. The molecule has 0 bridgehead atoms. The number of anilines is 1. The zero-order valence-electron chi connectivity index (χ0n) is 11.0. The van der Waals surface area contributed by atoms with Crippen LogP contribution in [0.25, 0.3) is 0 Å². The Labute approximate surface area is 113 Å². The molecule has 100 valence electrons. The minimum absolute atomic E-state index is 0.0461. The second kappa shape index (κ2) is 6.35. The van der Waals surface area contributed by atoms with E-state index in [9.17, 15) is 4.79 Å². The Morgan fingerprint density at radius 2 is 2.42 bits per heavy atom. The largest absolute Gasteiger partial charge is 0.384 e. The van der Waals surface area contributed by atoms with Crippen LogP contribution in [0.2, 0.25) is 0 Å². The normalized spacial score (nSPS) is 21.6. The first kappa shape index (κ1) is 13.6. The van der Waals surface area contributed by atoms with E-state index in [2.05, 4.69) is 29.1 Å². The molecule has 19 heavy (non-hydrogen) atoms. The van der Waals surface area contributed by atoms with Crippen LogP contribution in [-0.2, 0) is 4.79 Å². The lowest BCUT2D eigenvalue weighted by Gasteiger charge is -2.14. The number of rotatable bonds is 2. The average molecular weight is 258 g/mol. The third-order valence-electron chi connectivity index (χ3n) is 3.52. The predicted octanol–water partition coefficient (Wildman–Crippen LogP) is 1.80. The van der Waals surface area contributed by atoms with E-state index in [1.807, 2.05) is 0 Å². The van der Waals surface area contributed by atoms with Gasteiger partial charge in [-0.15, -0.1) is 0 Å². The van der Waals surface area contributed by atoms with Crippen molar-refractivity contribution in [2.24, 2.45) is 11.8 Å². The van der Waals surface area contributed by atoms with Crippen molar-refractivity contribution in [2.45, 2.75) is 26.2 Å². The molecule has 2 rings (SSSR count). The summed E-state index contributed by atoms with van der Waals surface area (Å²) >= 11 is 0. The number of aliphatic hydroxyl groups excluding tert-OH is 1. The topological polar surface area (TPSA) is 62.2 Å². The molecule has 0 aliphatic heterocycles. The molecule has 2 unspecified atom stereocenters. The highest BCUT2D eigenvalue weighted by Crippen LogP contribution is 2.31. The van der Waals surface area contributed by atoms with Crippen LogP contribution in [0.5, 0.6) is 0 Å². The Kier molecular flexibility index (Phi) is 4.53. The van der Waals surface area contributed by atoms with Crippen LogP contribution in [0.15, 0.2) is 18.3 Å². The van der Waals surface area contributed by atoms with E-state index < -0.39 is 0 Å². The summed E-state index contributed by atoms with van der Waals surface area (Å²) in [6, 6.07) is 3.47. The van der Waals surface area contributed by atoms with Gasteiger partial charge in [0, 0.05) is 17.7 Å². The molecule has 1 amide bonds. The van der Waals surface area contributed by atoms with Gasteiger partial charge in [0.25, 0.3) is 0 Å². The van der Waals surface area contributed by atoms with Crippen molar-refractivity contribution in [3.05, 3.63) is 23.9 Å². The van der Waals surface area contributed by atoms with Crippen molar-refractivity contribution in [3.8, 4) is 11.8 Å². The van der Waals surface area contributed by atoms with Gasteiger partial charge in [-0.1, -0.05) is 25.2 Å². The Hall–Kier alpha value is -1.86. The first-order valence-electron chi connectivity index (χ1n) is 6.57. The molecule has 0 aromatic carbocycles. The van der Waals surface area contributed by atoms with Crippen molar-refractivity contribution in [1.29, 1.82) is 0 Å². The number of nitrogens with zero attached hydrogens (tertiary/aromatic N) is 1. The van der Waals surface area contributed by atoms with Crippen LogP contribution in [0, 0.1) is 23.7 Å². The molecular weight excluding hydrogens is 240 g/mol. The Balaban J connectivity index is 2.04. The summed E-state index contributed by atoms with van der Waals surface area (Å²) in [4.78, 5) is 16.2. The number of aliphatic hydroxyl groups is 1. The van der Waals surface area contributed by atoms with Gasteiger partial charge in [0.1, 0.15) is 12.4 Å². The van der Waals surface area contributed by atoms with Gasteiger partial charge in [-0.25, -0.2) is 4.98 Å². The fourth-order valence-electron chi connectivity index (χ4n) is 2.47. The van der Waals surface area contributed by atoms with Gasteiger partial charge in [0.2, 0.25) is 5.91 Å². The SMILES string of the molecule is CC1CCCC1C(=O)Nc1cc(C#CCO)ccn1. The summed E-state index contributed by atoms with van der Waals surface area (Å²) in [6.45, 7) is 1.94. The zero-order valence-corrected chi connectivity index (χ0v) is 11.0. The van der Waals surface area contributed by atoms with Crippen molar-refractivity contribution < 1.29 is 9.90 Å². The summed E-state index contributed by atoms with van der Waals surface area (Å²) in [5.74, 6) is 6.47. The molecular formula is C15H18N2O2. The number of carbonyl (C=O) groups excluding carboxylic acids is 1. The number of aromatic nitrogens is 1. The van der Waals surface area contributed by atoms with E-state index in [0.29, 0.717) is 11.7 Å². The maximum absolute atomic E-state index is 12.1. The number of hydrogen-bond donors (Lipinski definition) is 2. The third-order valence-corrected chi connectivity index (χ3v) is 3.52. The molecule has 2 N–H and O–H groups in total. The first-order valence-corrected chi connectivity index (χ1v) is 6.57. The van der Waals surface area contributed by atoms with Crippen molar-refractivity contribution in [1.82, 2.24) is 4.98 Å². The zero-order chi connectivity index (χ0) is 13.7. The molecule has 1 fully saturated rings. The van der Waals surface area contributed by atoms with Crippen LogP contribution in [0.1, 0.15) is 31.7 Å². The number of hydrogen-bond acceptors (Lipinski definition) is 3. The fraction of sp³-hybridized carbons (Fsp3) is 0.467. The van der Waals surface area contributed by atoms with Gasteiger partial charge in [0.15, 0.2) is 0 Å². The molecule has 0 spiro atoms. The van der Waals surface area contributed by atoms with Crippen molar-refractivity contribution in [2.75, 3.05) is 11.9 Å². The monoisotopic (exact) mass is 258 g/mol. The first-order chi connectivity index (χ1) is 9.20. The maximum atomic E-state index is 12.1. The number of pyridine rings is 1. The molecule has 2 atom stereocenters. The molecule has 0 radical (unpaired) electrons. The minimum atomic E-state index is -0.177. The van der Waals surface area contributed by atoms with Gasteiger partial charge in [0.05, 0.1) is 0 Å². The molecule has 1 saturated carbocycles. The minimum Gasteiger partial charge on any atom is -0.384 e. The van der Waals surface area contributed by atoms with Gasteiger partial charge in [-0.05, 0) is 30.9 Å². The molecule has 1 aromatic rings. The molecule has 1 heterocycles. The lowest BCUT2D eigenvalue weighted by Crippen LogP contribution is -2.24. The lowest BCUT2D eigenvalue weighted by molar-refractivity contribution is -0.120. The predicted molar refractivity (Wildman–Crippen MR) is 73.3 cm³/mol. The smallest absolute Gasteiger partial charge is 0.228 e. The summed E-state index contributed by atoms with van der Waals surface area (Å²) in [6.07, 6.45) is 4.80. The van der Waals surface area contributed by atoms with Gasteiger partial charge in [-0.2, -0.15) is 0 Å². The quantitative estimate of drug-likeness (QED) is 0.795. The number of nitrogens with one attached hydrogen (secondary N) is 1. The van der Waals surface area contributed by atoms with E-state index in [1.54, 1.807) is 18.3 Å². The number of carbonyl (C=O) groups is 1. The van der Waals surface area contributed by atoms with Gasteiger partial charge < -0.3 is 10.4 Å². The average Bonchev–Trinajstić information content (AvgIpc) is 2.83. The Morgan fingerprint density at radius 3 is 3.11 bits per heavy atom. The van der Waals surface area contributed by atoms with Crippen LogP contribution < -0.4 is 5.32 Å². The van der Waals surface area contributed by atoms with Crippen molar-refractivity contribution >= 4 is 11.7 Å². The third kappa shape index (κ3) is 3.55. The highest BCUT2D eigenvalue weighted by atomic mass is 16.2. The maximum Gasteiger partial charge on any atom is 0.228 e. The Morgan fingerprint density at radius 1 is 1.58 bits per heavy atom. The highest BCUT2D eigenvalue weighted by Gasteiger charge is 2.29. The Bertz CT molecular complexity index is 516. The lowest BCUT2D eigenvalue weighted by atomic mass is 9.97. The van der Waals surface area contributed by atoms with Crippen molar-refractivity contribution in [3.63, 3.8) is 0 Å². The van der Waals surface area contributed by atoms with E-state index in [4.69, 9.17) is 5.11 Å². The van der Waals surface area contributed by atoms with Crippen LogP contribution in [0.3, 0.4) is 0 Å². The van der Waals surface area contributed by atoms with E-state index in [0.717, 1.165) is 24.8 Å². The standard InChI is InChI=1S/C15H18N2O2/c1-11-4-2-6-13(11)15(19)17-14-10-12(5-3-9-18)7-8-16-14/h7-8,10-11,13,18H,2,4,6,9H2,1H3,(H,16,17,19). The summed E-state index contributed by atoms with van der Waals surface area (Å²) in [7, 11) is 0. The highest BCUT2D eigenvalue weighted by molar-refractivity contribution is 5.92. The molecule has 4 heteroatoms. The second-order valence-corrected chi connectivity index (χ2v) is 4.89. The van der Waals surface area contributed by atoms with Gasteiger partial charge in [-0.3, -0.25) is 4.79 Å². The van der Waals surface area contributed by atoms with Gasteiger partial charge >= 0.3 is 0 Å². The fourth-order valence-corrected chi connectivity index (χ4v) is 2.47. The summed E-state index contributed by atoms with van der Waals surface area (Å²) < 4.78 is 0. The van der Waals surface area contributed by atoms with E-state index >= 15 is 0 Å². The van der Waals surface area contributed by atoms with Crippen LogP contribution >= 0.6 is 0 Å². The molecule has 1 aromatic heterocycles. The molecule has 0 saturated heterocycles. The number of amides is 1. The summed E-state index contributed by atoms with van der Waals surface area (Å²) in [5, 5.41) is 11.5. The van der Waals surface area contributed by atoms with Crippen LogP contribution in [0.4, 0.5) is 5.82 Å². The molecule has 4 nitrogen and oxygen atoms in total. The van der Waals surface area contributed by atoms with E-state index in [1.165, 1.54) is 0 Å².